The predicted octanol–water partition coefficient (Wildman–Crippen LogP) is 0.619. The molecule has 0 amide bonds. The third-order valence-electron chi connectivity index (χ3n) is 1.39. The van der Waals surface area contributed by atoms with Gasteiger partial charge in [0.15, 0.2) is 31.0 Å². The van der Waals surface area contributed by atoms with Crippen molar-refractivity contribution in [2.75, 3.05) is 6.67 Å². The second kappa shape index (κ2) is 5.33. The highest BCUT2D eigenvalue weighted by Crippen LogP contribution is 2.19. The van der Waals surface area contributed by atoms with Crippen molar-refractivity contribution in [2.45, 2.75) is 31.0 Å². The average Bonchev–Trinajstić information content (AvgIpc) is 2.12. The Kier molecular flexibility index (Phi) is 5.16. The SMILES string of the molecule is OC(O)C(F)C(F)C(F)C(F)CF. The van der Waals surface area contributed by atoms with E-state index in [2.05, 4.69) is 0 Å². The number of aliphatic hydroxyl groups is 2. The van der Waals surface area contributed by atoms with Gasteiger partial charge in [-0.2, -0.15) is 0 Å². The fourth-order valence-corrected chi connectivity index (χ4v) is 0.625. The van der Waals surface area contributed by atoms with Gasteiger partial charge in [0.25, 0.3) is 0 Å². The van der Waals surface area contributed by atoms with E-state index in [0.29, 0.717) is 0 Å². The zero-order valence-electron chi connectivity index (χ0n) is 6.38. The fraction of sp³-hybridized carbons (Fsp3) is 1.00. The first-order valence-corrected chi connectivity index (χ1v) is 3.40. The van der Waals surface area contributed by atoms with Crippen LogP contribution in [0.2, 0.25) is 0 Å². The third-order valence-corrected chi connectivity index (χ3v) is 1.39. The van der Waals surface area contributed by atoms with Gasteiger partial charge in [0.1, 0.15) is 6.67 Å². The highest BCUT2D eigenvalue weighted by atomic mass is 19.2. The molecule has 0 aromatic rings. The Labute approximate surface area is 71.0 Å². The summed E-state index contributed by atoms with van der Waals surface area (Å²) < 4.78 is 60.5. The molecule has 7 heteroatoms. The summed E-state index contributed by atoms with van der Waals surface area (Å²) in [6, 6.07) is 0. The molecule has 4 unspecified atom stereocenters. The number of rotatable bonds is 5. The molecule has 80 valence electrons. The maximum Gasteiger partial charge on any atom is 0.186 e. The first-order valence-electron chi connectivity index (χ1n) is 3.40. The van der Waals surface area contributed by atoms with Crippen molar-refractivity contribution >= 4 is 0 Å². The number of aliphatic hydroxyl groups excluding tert-OH is 1. The second-order valence-electron chi connectivity index (χ2n) is 2.42. The summed E-state index contributed by atoms with van der Waals surface area (Å²) in [5, 5.41) is 16.1. The summed E-state index contributed by atoms with van der Waals surface area (Å²) in [6.07, 6.45) is -14.7. The van der Waals surface area contributed by atoms with Crippen molar-refractivity contribution in [2.24, 2.45) is 0 Å². The second-order valence-corrected chi connectivity index (χ2v) is 2.42. The van der Waals surface area contributed by atoms with Crippen LogP contribution in [0.25, 0.3) is 0 Å². The lowest BCUT2D eigenvalue weighted by atomic mass is 10.1. The highest BCUT2D eigenvalue weighted by Gasteiger charge is 2.39. The maximum atomic E-state index is 12.4. The molecule has 0 rings (SSSR count). The van der Waals surface area contributed by atoms with Gasteiger partial charge in [-0.3, -0.25) is 0 Å². The summed E-state index contributed by atoms with van der Waals surface area (Å²) in [4.78, 5) is 0. The number of alkyl halides is 5. The topological polar surface area (TPSA) is 40.5 Å². The van der Waals surface area contributed by atoms with Crippen molar-refractivity contribution in [3.8, 4) is 0 Å². The first kappa shape index (κ1) is 12.6. The van der Waals surface area contributed by atoms with E-state index in [1.165, 1.54) is 0 Å². The largest absolute Gasteiger partial charge is 0.366 e. The lowest BCUT2D eigenvalue weighted by Gasteiger charge is -2.19. The van der Waals surface area contributed by atoms with Crippen molar-refractivity contribution in [1.29, 1.82) is 0 Å². The lowest BCUT2D eigenvalue weighted by molar-refractivity contribution is -0.129. The van der Waals surface area contributed by atoms with Crippen LogP contribution in [-0.2, 0) is 0 Å². The Bertz CT molecular complexity index is 145. The maximum absolute atomic E-state index is 12.4. The fourth-order valence-electron chi connectivity index (χ4n) is 0.625. The summed E-state index contributed by atoms with van der Waals surface area (Å²) in [7, 11) is 0. The molecule has 0 radical (unpaired) electrons. The quantitative estimate of drug-likeness (QED) is 0.513. The molecule has 0 aromatic heterocycles. The zero-order valence-corrected chi connectivity index (χ0v) is 6.38. The standard InChI is InChI=1S/C6H9F5O2/c7-1-2(8)3(9)4(10)5(11)6(12)13/h2-6,12-13H,1H2. The summed E-state index contributed by atoms with van der Waals surface area (Å²) >= 11 is 0. The van der Waals surface area contributed by atoms with Crippen LogP contribution in [0.5, 0.6) is 0 Å². The minimum Gasteiger partial charge on any atom is -0.366 e. The molecule has 0 fully saturated rings. The van der Waals surface area contributed by atoms with Crippen LogP contribution in [-0.4, -0.2) is 47.9 Å². The molecular weight excluding hydrogens is 199 g/mol. The third kappa shape index (κ3) is 3.43. The molecule has 0 aromatic carbocycles. The van der Waals surface area contributed by atoms with E-state index in [9.17, 15) is 22.0 Å². The molecule has 4 atom stereocenters. The number of halogens is 5. The van der Waals surface area contributed by atoms with Gasteiger partial charge in [-0.05, 0) is 0 Å². The number of hydrogen-bond acceptors (Lipinski definition) is 2. The van der Waals surface area contributed by atoms with E-state index >= 15 is 0 Å². The van der Waals surface area contributed by atoms with Crippen LogP contribution < -0.4 is 0 Å². The van der Waals surface area contributed by atoms with Crippen LogP contribution >= 0.6 is 0 Å². The van der Waals surface area contributed by atoms with Crippen LogP contribution in [0, 0.1) is 0 Å². The molecule has 0 heterocycles. The predicted molar refractivity (Wildman–Crippen MR) is 33.8 cm³/mol. The molecule has 2 nitrogen and oxygen atoms in total. The zero-order chi connectivity index (χ0) is 10.6. The first-order chi connectivity index (χ1) is 5.91. The van der Waals surface area contributed by atoms with Crippen molar-refractivity contribution in [3.05, 3.63) is 0 Å². The van der Waals surface area contributed by atoms with Gasteiger partial charge in [-0.1, -0.05) is 0 Å². The molecular formula is C6H9F5O2. The summed E-state index contributed by atoms with van der Waals surface area (Å²) in [5.41, 5.74) is 0. The van der Waals surface area contributed by atoms with E-state index in [1.54, 1.807) is 0 Å². The molecule has 0 aliphatic rings. The minimum atomic E-state index is -3.09. The van der Waals surface area contributed by atoms with Gasteiger partial charge in [-0.25, -0.2) is 22.0 Å². The van der Waals surface area contributed by atoms with Gasteiger partial charge >= 0.3 is 0 Å². The number of hydrogen-bond donors (Lipinski definition) is 2. The molecule has 2 N–H and O–H groups in total. The Hall–Kier alpha value is -0.430. The van der Waals surface area contributed by atoms with Gasteiger partial charge in [0.05, 0.1) is 0 Å². The van der Waals surface area contributed by atoms with Gasteiger partial charge in [0.2, 0.25) is 0 Å². The lowest BCUT2D eigenvalue weighted by Crippen LogP contribution is -2.41. The van der Waals surface area contributed by atoms with Crippen molar-refractivity contribution < 1.29 is 32.2 Å². The van der Waals surface area contributed by atoms with Crippen LogP contribution in [0.4, 0.5) is 22.0 Å². The molecule has 0 saturated carbocycles. The van der Waals surface area contributed by atoms with Crippen LogP contribution in [0.15, 0.2) is 0 Å². The van der Waals surface area contributed by atoms with E-state index in [1.807, 2.05) is 0 Å². The molecule has 0 aliphatic carbocycles. The average molecular weight is 208 g/mol. The van der Waals surface area contributed by atoms with Crippen molar-refractivity contribution in [1.82, 2.24) is 0 Å². The Morgan fingerprint density at radius 3 is 1.62 bits per heavy atom. The molecule has 0 bridgehead atoms. The molecule has 13 heavy (non-hydrogen) atoms. The smallest absolute Gasteiger partial charge is 0.186 e. The van der Waals surface area contributed by atoms with E-state index < -0.39 is 37.7 Å². The van der Waals surface area contributed by atoms with Crippen LogP contribution in [0.3, 0.4) is 0 Å². The summed E-state index contributed by atoms with van der Waals surface area (Å²) in [5.74, 6) is 0. The normalized spacial score (nSPS) is 21.2. The van der Waals surface area contributed by atoms with E-state index in [-0.39, 0.29) is 0 Å². The Balaban J connectivity index is 4.15. The molecule has 0 aliphatic heterocycles. The van der Waals surface area contributed by atoms with Gasteiger partial charge in [0, 0.05) is 0 Å². The molecule has 0 spiro atoms. The highest BCUT2D eigenvalue weighted by molar-refractivity contribution is 4.82. The monoisotopic (exact) mass is 208 g/mol. The van der Waals surface area contributed by atoms with Crippen LogP contribution in [0.1, 0.15) is 0 Å². The Morgan fingerprint density at radius 1 is 0.846 bits per heavy atom. The Morgan fingerprint density at radius 2 is 1.31 bits per heavy atom. The van der Waals surface area contributed by atoms with Gasteiger partial charge < -0.3 is 10.2 Å². The summed E-state index contributed by atoms with van der Waals surface area (Å²) in [6.45, 7) is -1.80. The van der Waals surface area contributed by atoms with Gasteiger partial charge in [-0.15, -0.1) is 0 Å². The van der Waals surface area contributed by atoms with E-state index in [0.717, 1.165) is 0 Å². The van der Waals surface area contributed by atoms with E-state index in [4.69, 9.17) is 10.2 Å². The molecule has 0 saturated heterocycles. The minimum absolute atomic E-state index is 1.80. The van der Waals surface area contributed by atoms with Crippen molar-refractivity contribution in [3.63, 3.8) is 0 Å².